The number of hydrogen-bond donors (Lipinski definition) is 0. The van der Waals surface area contributed by atoms with Crippen molar-refractivity contribution in [2.24, 2.45) is 0 Å². The van der Waals surface area contributed by atoms with Gasteiger partial charge < -0.3 is 18.9 Å². The summed E-state index contributed by atoms with van der Waals surface area (Å²) in [6, 6.07) is 16.7. The molecule has 1 unspecified atom stereocenters. The quantitative estimate of drug-likeness (QED) is 0.374. The standard InChI is InChI=1S/C25H28O6/c1-18(2)24(26)28-15-14-20-10-12-22(13-11-20)30-17-23(31-25(27)19(3)4)16-29-21-8-6-5-7-9-21/h5-13,23H,1,3,14-17H2,2,4H3. The lowest BCUT2D eigenvalue weighted by molar-refractivity contribution is -0.147. The zero-order chi connectivity index (χ0) is 22.6. The summed E-state index contributed by atoms with van der Waals surface area (Å²) in [6.45, 7) is 10.9. The molecule has 0 aliphatic rings. The number of benzene rings is 2. The van der Waals surface area contributed by atoms with Gasteiger partial charge in [-0.3, -0.25) is 0 Å². The third kappa shape index (κ3) is 8.78. The minimum absolute atomic E-state index is 0.126. The first kappa shape index (κ1) is 23.7. The third-order valence-electron chi connectivity index (χ3n) is 4.13. The Balaban J connectivity index is 1.87. The molecule has 2 aromatic rings. The van der Waals surface area contributed by atoms with Crippen LogP contribution in [0.3, 0.4) is 0 Å². The summed E-state index contributed by atoms with van der Waals surface area (Å²) in [7, 11) is 0. The van der Waals surface area contributed by atoms with Gasteiger partial charge in [-0.1, -0.05) is 43.5 Å². The van der Waals surface area contributed by atoms with Gasteiger partial charge in [0.05, 0.1) is 6.61 Å². The molecule has 0 saturated heterocycles. The summed E-state index contributed by atoms with van der Waals surface area (Å²) < 4.78 is 22.0. The zero-order valence-electron chi connectivity index (χ0n) is 18.0. The lowest BCUT2D eigenvalue weighted by Crippen LogP contribution is -2.31. The molecule has 164 valence electrons. The van der Waals surface area contributed by atoms with E-state index in [-0.39, 0.29) is 19.8 Å². The predicted octanol–water partition coefficient (Wildman–Crippen LogP) is 4.29. The highest BCUT2D eigenvalue weighted by molar-refractivity contribution is 5.87. The maximum Gasteiger partial charge on any atom is 0.333 e. The topological polar surface area (TPSA) is 71.1 Å². The molecule has 0 aromatic heterocycles. The Morgan fingerprint density at radius 2 is 1.35 bits per heavy atom. The molecule has 2 aromatic carbocycles. The monoisotopic (exact) mass is 424 g/mol. The molecule has 0 fully saturated rings. The molecular formula is C25H28O6. The van der Waals surface area contributed by atoms with Crippen molar-refractivity contribution in [1.29, 1.82) is 0 Å². The van der Waals surface area contributed by atoms with E-state index >= 15 is 0 Å². The molecule has 0 bridgehead atoms. The summed E-state index contributed by atoms with van der Waals surface area (Å²) in [6.07, 6.45) is -0.0195. The van der Waals surface area contributed by atoms with Crippen LogP contribution in [0.25, 0.3) is 0 Å². The van der Waals surface area contributed by atoms with Crippen LogP contribution < -0.4 is 9.47 Å². The first-order valence-electron chi connectivity index (χ1n) is 9.94. The van der Waals surface area contributed by atoms with E-state index in [4.69, 9.17) is 18.9 Å². The summed E-state index contributed by atoms with van der Waals surface area (Å²) >= 11 is 0. The fraction of sp³-hybridized carbons (Fsp3) is 0.280. The van der Waals surface area contributed by atoms with E-state index in [1.54, 1.807) is 13.8 Å². The van der Waals surface area contributed by atoms with Gasteiger partial charge in [-0.2, -0.15) is 0 Å². The number of hydrogen-bond acceptors (Lipinski definition) is 6. The van der Waals surface area contributed by atoms with Gasteiger partial charge in [0.1, 0.15) is 24.7 Å². The molecule has 0 amide bonds. The van der Waals surface area contributed by atoms with Crippen molar-refractivity contribution in [1.82, 2.24) is 0 Å². The largest absolute Gasteiger partial charge is 0.490 e. The van der Waals surface area contributed by atoms with Crippen LogP contribution in [0, 0.1) is 0 Å². The van der Waals surface area contributed by atoms with Crippen molar-refractivity contribution in [2.75, 3.05) is 19.8 Å². The molecule has 0 aliphatic carbocycles. The fourth-order valence-electron chi connectivity index (χ4n) is 2.40. The van der Waals surface area contributed by atoms with Crippen molar-refractivity contribution < 1.29 is 28.5 Å². The van der Waals surface area contributed by atoms with Crippen molar-refractivity contribution in [2.45, 2.75) is 26.4 Å². The van der Waals surface area contributed by atoms with Crippen molar-refractivity contribution in [3.05, 3.63) is 84.5 Å². The molecule has 2 rings (SSSR count). The van der Waals surface area contributed by atoms with Gasteiger partial charge in [0.15, 0.2) is 6.10 Å². The Morgan fingerprint density at radius 1 is 0.806 bits per heavy atom. The minimum atomic E-state index is -0.606. The lowest BCUT2D eigenvalue weighted by atomic mass is 10.1. The molecule has 1 atom stereocenters. The highest BCUT2D eigenvalue weighted by atomic mass is 16.6. The van der Waals surface area contributed by atoms with Crippen LogP contribution in [0.4, 0.5) is 0 Å². The lowest BCUT2D eigenvalue weighted by Gasteiger charge is -2.19. The first-order chi connectivity index (χ1) is 14.8. The summed E-state index contributed by atoms with van der Waals surface area (Å²) in [5, 5.41) is 0. The second-order valence-electron chi connectivity index (χ2n) is 7.05. The Labute approximate surface area is 183 Å². The Kier molecular flexibility index (Phi) is 9.36. The van der Waals surface area contributed by atoms with Gasteiger partial charge in [0.25, 0.3) is 0 Å². The van der Waals surface area contributed by atoms with Gasteiger partial charge in [0.2, 0.25) is 0 Å². The molecule has 31 heavy (non-hydrogen) atoms. The summed E-state index contributed by atoms with van der Waals surface area (Å²) in [5.74, 6) is 0.410. The number of ether oxygens (including phenoxy) is 4. The second-order valence-corrected chi connectivity index (χ2v) is 7.05. The molecule has 0 radical (unpaired) electrons. The van der Waals surface area contributed by atoms with Crippen LogP contribution in [0.1, 0.15) is 19.4 Å². The average Bonchev–Trinajstić information content (AvgIpc) is 2.76. The molecule has 0 saturated carbocycles. The molecule has 0 N–H and O–H groups in total. The zero-order valence-corrected chi connectivity index (χ0v) is 18.0. The number of rotatable bonds is 12. The smallest absolute Gasteiger partial charge is 0.333 e. The first-order valence-corrected chi connectivity index (χ1v) is 9.94. The molecule has 6 heteroatoms. The van der Waals surface area contributed by atoms with Crippen molar-refractivity contribution >= 4 is 11.9 Å². The third-order valence-corrected chi connectivity index (χ3v) is 4.13. The SMILES string of the molecule is C=C(C)C(=O)OCCc1ccc(OCC(COc2ccccc2)OC(=O)C(=C)C)cc1. The van der Waals surface area contributed by atoms with E-state index in [0.717, 1.165) is 5.56 Å². The van der Waals surface area contributed by atoms with Gasteiger partial charge in [-0.15, -0.1) is 0 Å². The van der Waals surface area contributed by atoms with Crippen LogP contribution in [0.5, 0.6) is 11.5 Å². The average molecular weight is 424 g/mol. The Hall–Kier alpha value is -3.54. The van der Waals surface area contributed by atoms with Crippen molar-refractivity contribution in [3.63, 3.8) is 0 Å². The normalized spacial score (nSPS) is 11.2. The minimum Gasteiger partial charge on any atom is -0.490 e. The van der Waals surface area contributed by atoms with Crippen LogP contribution >= 0.6 is 0 Å². The number of carbonyl (C=O) groups excluding carboxylic acids is 2. The molecular weight excluding hydrogens is 396 g/mol. The van der Waals surface area contributed by atoms with E-state index < -0.39 is 18.0 Å². The highest BCUT2D eigenvalue weighted by Gasteiger charge is 2.17. The van der Waals surface area contributed by atoms with Crippen LogP contribution in [0.2, 0.25) is 0 Å². The van der Waals surface area contributed by atoms with E-state index in [9.17, 15) is 9.59 Å². The molecule has 0 heterocycles. The summed E-state index contributed by atoms with van der Waals surface area (Å²) in [4.78, 5) is 23.3. The van der Waals surface area contributed by atoms with Crippen LogP contribution in [0.15, 0.2) is 78.9 Å². The van der Waals surface area contributed by atoms with Crippen LogP contribution in [-0.4, -0.2) is 37.9 Å². The molecule has 0 spiro atoms. The number of carbonyl (C=O) groups is 2. The predicted molar refractivity (Wildman–Crippen MR) is 118 cm³/mol. The Morgan fingerprint density at radius 3 is 1.90 bits per heavy atom. The van der Waals surface area contributed by atoms with E-state index in [2.05, 4.69) is 13.2 Å². The van der Waals surface area contributed by atoms with Crippen molar-refractivity contribution in [3.8, 4) is 11.5 Å². The highest BCUT2D eigenvalue weighted by Crippen LogP contribution is 2.15. The van der Waals surface area contributed by atoms with E-state index in [0.29, 0.717) is 29.1 Å². The fourth-order valence-corrected chi connectivity index (χ4v) is 2.40. The number of esters is 2. The molecule has 0 aliphatic heterocycles. The molecule has 6 nitrogen and oxygen atoms in total. The summed E-state index contributed by atoms with van der Waals surface area (Å²) in [5.41, 5.74) is 1.68. The van der Waals surface area contributed by atoms with Crippen LogP contribution in [-0.2, 0) is 25.5 Å². The Bertz CT molecular complexity index is 886. The van der Waals surface area contributed by atoms with Gasteiger partial charge in [-0.25, -0.2) is 9.59 Å². The van der Waals surface area contributed by atoms with Gasteiger partial charge in [0, 0.05) is 17.6 Å². The maximum absolute atomic E-state index is 11.9. The van der Waals surface area contributed by atoms with Gasteiger partial charge in [-0.05, 0) is 43.7 Å². The van der Waals surface area contributed by atoms with E-state index in [1.165, 1.54) is 0 Å². The van der Waals surface area contributed by atoms with E-state index in [1.807, 2.05) is 54.6 Å². The number of para-hydroxylation sites is 1. The van der Waals surface area contributed by atoms with Gasteiger partial charge >= 0.3 is 11.9 Å². The maximum atomic E-state index is 11.9. The second kappa shape index (κ2) is 12.2.